The molecular weight excluding hydrogens is 351 g/mol. The first-order chi connectivity index (χ1) is 11.0. The van der Waals surface area contributed by atoms with Gasteiger partial charge in [0.05, 0.1) is 16.2 Å². The fourth-order valence-corrected chi connectivity index (χ4v) is 3.37. The van der Waals surface area contributed by atoms with Gasteiger partial charge in [-0.1, -0.05) is 84.0 Å². The summed E-state index contributed by atoms with van der Waals surface area (Å²) >= 11 is 0. The van der Waals surface area contributed by atoms with Crippen LogP contribution in [0.2, 0.25) is 0 Å². The largest absolute Gasteiger partial charge is 1.00 e. The molecule has 1 N–H and O–H groups in total. The molecule has 0 saturated heterocycles. The Hall–Kier alpha value is 1.51. The van der Waals surface area contributed by atoms with Crippen molar-refractivity contribution < 1.29 is 69.5 Å². The van der Waals surface area contributed by atoms with E-state index in [-0.39, 0.29) is 63.2 Å². The van der Waals surface area contributed by atoms with Gasteiger partial charge in [-0.25, -0.2) is 8.42 Å². The van der Waals surface area contributed by atoms with Gasteiger partial charge in [0, 0.05) is 5.75 Å². The summed E-state index contributed by atoms with van der Waals surface area (Å²) in [5.41, 5.74) is 0. The minimum atomic E-state index is -4.01. The molecule has 0 aromatic heterocycles. The van der Waals surface area contributed by atoms with Crippen LogP contribution in [0.15, 0.2) is 0 Å². The first kappa shape index (κ1) is 27.7. The van der Waals surface area contributed by atoms with E-state index >= 15 is 0 Å². The van der Waals surface area contributed by atoms with E-state index in [2.05, 4.69) is 0 Å². The molecule has 0 radical (unpaired) electrons. The van der Waals surface area contributed by atoms with E-state index < -0.39 is 10.1 Å². The van der Waals surface area contributed by atoms with Crippen LogP contribution in [-0.4, -0.2) is 29.9 Å². The zero-order valence-corrected chi connectivity index (χ0v) is 19.9. The number of aliphatic hydroxyl groups is 1. The summed E-state index contributed by atoms with van der Waals surface area (Å²) in [7, 11) is -4.01. The molecule has 0 rings (SSSR count). The van der Waals surface area contributed by atoms with Crippen LogP contribution < -0.4 is 51.4 Å². The Kier molecular flexibility index (Phi) is 22.3. The summed E-state index contributed by atoms with van der Waals surface area (Å²) in [6, 6.07) is 0. The zero-order chi connectivity index (χ0) is 17.4. The van der Waals surface area contributed by atoms with Gasteiger partial charge >= 0.3 is 51.4 Å². The molecule has 24 heavy (non-hydrogen) atoms. The third-order valence-corrected chi connectivity index (χ3v) is 5.19. The summed E-state index contributed by atoms with van der Waals surface area (Å²) in [6.07, 6.45) is 16.7. The van der Waals surface area contributed by atoms with E-state index in [9.17, 15) is 18.1 Å². The molecule has 1 unspecified atom stereocenters. The summed E-state index contributed by atoms with van der Waals surface area (Å²) in [5, 5.41) is 9.44. The molecule has 0 aliphatic carbocycles. The number of aliphatic hydroxyl groups excluding tert-OH is 1. The van der Waals surface area contributed by atoms with Gasteiger partial charge in [-0.05, 0) is 19.3 Å². The molecule has 140 valence electrons. The van der Waals surface area contributed by atoms with Crippen LogP contribution in [0.3, 0.4) is 0 Å². The summed E-state index contributed by atoms with van der Waals surface area (Å²) in [5.74, 6) is -0.204. The molecule has 6 heteroatoms. The maximum Gasteiger partial charge on any atom is 1.00 e. The molecule has 0 aromatic rings. The fraction of sp³-hybridized carbons (Fsp3) is 1.00. The van der Waals surface area contributed by atoms with Crippen LogP contribution in [0.4, 0.5) is 0 Å². The molecule has 0 spiro atoms. The van der Waals surface area contributed by atoms with Crippen LogP contribution >= 0.6 is 0 Å². The van der Waals surface area contributed by atoms with E-state index in [1.54, 1.807) is 0 Å². The Balaban J connectivity index is 0. The molecule has 0 fully saturated rings. The predicted octanol–water partition coefficient (Wildman–Crippen LogP) is 1.77. The van der Waals surface area contributed by atoms with Crippen LogP contribution in [0.25, 0.3) is 0 Å². The van der Waals surface area contributed by atoms with E-state index in [1.807, 2.05) is 6.92 Å². The Bertz CT molecular complexity index is 347. The Labute approximate surface area is 192 Å². The van der Waals surface area contributed by atoms with Crippen molar-refractivity contribution in [1.29, 1.82) is 0 Å². The third-order valence-electron chi connectivity index (χ3n) is 4.40. The van der Waals surface area contributed by atoms with Crippen molar-refractivity contribution in [3.05, 3.63) is 0 Å². The first-order valence-corrected chi connectivity index (χ1v) is 11.1. The summed E-state index contributed by atoms with van der Waals surface area (Å²) in [4.78, 5) is 0. The van der Waals surface area contributed by atoms with Crippen LogP contribution in [0.1, 0.15) is 103 Å². The molecule has 0 saturated carbocycles. The van der Waals surface area contributed by atoms with Crippen molar-refractivity contribution in [2.24, 2.45) is 0 Å². The van der Waals surface area contributed by atoms with Gasteiger partial charge in [-0.3, -0.25) is 0 Å². The molecule has 0 aliphatic rings. The van der Waals surface area contributed by atoms with E-state index in [0.717, 1.165) is 38.5 Å². The van der Waals surface area contributed by atoms with Gasteiger partial charge in [0.25, 0.3) is 0 Å². The molecule has 1 atom stereocenters. The normalized spacial score (nSPS) is 12.8. The van der Waals surface area contributed by atoms with Crippen LogP contribution in [0.5, 0.6) is 0 Å². The molecule has 0 aromatic carbocycles. The monoisotopic (exact) mass is 388 g/mol. The smallest absolute Gasteiger partial charge is 0.748 e. The van der Waals surface area contributed by atoms with Crippen LogP contribution in [0, 0.1) is 0 Å². The fourth-order valence-electron chi connectivity index (χ4n) is 2.81. The van der Waals surface area contributed by atoms with Crippen molar-refractivity contribution in [2.75, 3.05) is 5.75 Å². The summed E-state index contributed by atoms with van der Waals surface area (Å²) in [6.45, 7) is 2.03. The minimum absolute atomic E-state index is 0. The zero-order valence-electron chi connectivity index (χ0n) is 16.0. The topological polar surface area (TPSA) is 77.4 Å². The Morgan fingerprint density at radius 3 is 1.42 bits per heavy atom. The molecule has 0 amide bonds. The van der Waals surface area contributed by atoms with E-state index in [4.69, 9.17) is 0 Å². The number of hydrogen-bond donors (Lipinski definition) is 1. The Morgan fingerprint density at radius 1 is 0.750 bits per heavy atom. The van der Waals surface area contributed by atoms with Gasteiger partial charge in [0.2, 0.25) is 0 Å². The second-order valence-corrected chi connectivity index (χ2v) is 8.23. The quantitative estimate of drug-likeness (QED) is 0.234. The average molecular weight is 389 g/mol. The van der Waals surface area contributed by atoms with Gasteiger partial charge in [-0.15, -0.1) is 0 Å². The van der Waals surface area contributed by atoms with E-state index in [0.29, 0.717) is 6.42 Å². The van der Waals surface area contributed by atoms with Crippen molar-refractivity contribution in [3.63, 3.8) is 0 Å². The van der Waals surface area contributed by atoms with Crippen molar-refractivity contribution in [2.45, 2.75) is 109 Å². The maximum absolute atomic E-state index is 10.4. The van der Waals surface area contributed by atoms with Crippen molar-refractivity contribution in [1.82, 2.24) is 0 Å². The molecular formula is C18H37KO4S. The predicted molar refractivity (Wildman–Crippen MR) is 95.5 cm³/mol. The minimum Gasteiger partial charge on any atom is -0.748 e. The first-order valence-electron chi connectivity index (χ1n) is 9.57. The summed E-state index contributed by atoms with van der Waals surface area (Å²) < 4.78 is 31.3. The Morgan fingerprint density at radius 2 is 1.08 bits per heavy atom. The van der Waals surface area contributed by atoms with Crippen molar-refractivity contribution in [3.8, 4) is 0 Å². The van der Waals surface area contributed by atoms with Gasteiger partial charge in [-0.2, -0.15) is 0 Å². The maximum atomic E-state index is 10.4. The SMILES string of the molecule is CCC(O)CCCCCCCCCCCCCCCS(=O)(=O)[O-].[K+]. The molecule has 4 nitrogen and oxygen atoms in total. The molecule has 0 heterocycles. The van der Waals surface area contributed by atoms with Gasteiger partial charge in [0.15, 0.2) is 0 Å². The number of rotatable bonds is 17. The van der Waals surface area contributed by atoms with Crippen molar-refractivity contribution >= 4 is 10.1 Å². The standard InChI is InChI=1S/C18H38O4S.K/c1-2-18(19)16-14-12-10-8-6-4-3-5-7-9-11-13-15-17-23(20,21)22;/h18-19H,2-17H2,1H3,(H,20,21,22);/q;+1/p-1. The second kappa shape index (κ2) is 19.3. The number of hydrogen-bond acceptors (Lipinski definition) is 4. The second-order valence-electron chi connectivity index (χ2n) is 6.71. The molecule has 0 aliphatic heterocycles. The number of unbranched alkanes of at least 4 members (excludes halogenated alkanes) is 12. The molecule has 0 bridgehead atoms. The van der Waals surface area contributed by atoms with Gasteiger partial charge in [0.1, 0.15) is 0 Å². The van der Waals surface area contributed by atoms with Crippen LogP contribution in [-0.2, 0) is 10.1 Å². The average Bonchev–Trinajstić information content (AvgIpc) is 2.49. The van der Waals surface area contributed by atoms with Gasteiger partial charge < -0.3 is 9.66 Å². The third kappa shape index (κ3) is 23.5. The van der Waals surface area contributed by atoms with E-state index in [1.165, 1.54) is 51.4 Å².